The summed E-state index contributed by atoms with van der Waals surface area (Å²) in [5, 5.41) is 22.8. The van der Waals surface area contributed by atoms with E-state index in [2.05, 4.69) is 38.8 Å². The van der Waals surface area contributed by atoms with Crippen molar-refractivity contribution in [2.45, 2.75) is 29.7 Å². The summed E-state index contributed by atoms with van der Waals surface area (Å²) >= 11 is 1.54. The normalized spacial score (nSPS) is 18.6. The Hall–Kier alpha value is -3.28. The third-order valence-corrected chi connectivity index (χ3v) is 6.15. The van der Waals surface area contributed by atoms with Gasteiger partial charge in [0, 0.05) is 29.3 Å². The van der Waals surface area contributed by atoms with Crippen molar-refractivity contribution < 1.29 is 4.68 Å². The molecule has 3 aromatic rings. The largest absolute Gasteiger partial charge is 0.308 e. The zero-order valence-corrected chi connectivity index (χ0v) is 17.4. The van der Waals surface area contributed by atoms with Gasteiger partial charge in [0.25, 0.3) is 0 Å². The lowest BCUT2D eigenvalue weighted by Crippen LogP contribution is -2.33. The molecule has 0 spiro atoms. The fraction of sp³-hybridized carbons (Fsp3) is 0.227. The predicted molar refractivity (Wildman–Crippen MR) is 117 cm³/mol. The molecule has 1 saturated heterocycles. The molecule has 0 saturated carbocycles. The standard InChI is InChI=1S/C22H20N7S/c1-15-4-6-25-21(7-15)30-20-8-16(13-29-22(20)17(9-23)10-27-29)18-11-26-28(14-18)19-3-2-5-24-12-19/h4,6-8,10-11,13-14,24H,2-3,5,12H2,1H3/q+1/b28-19+. The number of aryl methyl sites for hydroxylation is 1. The second kappa shape index (κ2) is 7.86. The SMILES string of the molecule is Cc1ccnc(Sc2cc(C3=C/[N+](=C4/CCCNC4)N=C3)cn3ncc(C#N)c23)c1. The summed E-state index contributed by atoms with van der Waals surface area (Å²) in [6.45, 7) is 3.97. The highest BCUT2D eigenvalue weighted by atomic mass is 32.2. The predicted octanol–water partition coefficient (Wildman–Crippen LogP) is 3.24. The van der Waals surface area contributed by atoms with Crippen LogP contribution in [0.25, 0.3) is 11.1 Å². The number of rotatable bonds is 3. The zero-order chi connectivity index (χ0) is 20.5. The lowest BCUT2D eigenvalue weighted by molar-refractivity contribution is -0.459. The van der Waals surface area contributed by atoms with Crippen LogP contribution in [0.2, 0.25) is 0 Å². The fourth-order valence-corrected chi connectivity index (χ4v) is 4.73. The number of nitrogens with zero attached hydrogens (tertiary/aromatic N) is 6. The molecule has 0 bridgehead atoms. The van der Waals surface area contributed by atoms with Crippen LogP contribution in [-0.2, 0) is 0 Å². The minimum Gasteiger partial charge on any atom is -0.308 e. The molecule has 1 N–H and O–H groups in total. The molecule has 2 aliphatic heterocycles. The molecule has 8 heteroatoms. The number of nitrogens with one attached hydrogen (secondary N) is 1. The Labute approximate surface area is 178 Å². The summed E-state index contributed by atoms with van der Waals surface area (Å²) in [7, 11) is 0. The van der Waals surface area contributed by atoms with E-state index in [0.717, 1.165) is 58.1 Å². The van der Waals surface area contributed by atoms with Crippen molar-refractivity contribution >= 4 is 34.8 Å². The van der Waals surface area contributed by atoms with E-state index in [0.29, 0.717) is 5.56 Å². The Morgan fingerprint density at radius 2 is 2.27 bits per heavy atom. The molecule has 3 aromatic heterocycles. The quantitative estimate of drug-likeness (QED) is 0.666. The van der Waals surface area contributed by atoms with Crippen LogP contribution in [0, 0.1) is 18.3 Å². The van der Waals surface area contributed by atoms with Crippen LogP contribution in [0.4, 0.5) is 0 Å². The van der Waals surface area contributed by atoms with Crippen molar-refractivity contribution in [3.63, 3.8) is 0 Å². The molecule has 7 nitrogen and oxygen atoms in total. The van der Waals surface area contributed by atoms with Crippen molar-refractivity contribution in [3.8, 4) is 6.07 Å². The van der Waals surface area contributed by atoms with Gasteiger partial charge < -0.3 is 5.32 Å². The highest BCUT2D eigenvalue weighted by Gasteiger charge is 2.23. The highest BCUT2D eigenvalue weighted by molar-refractivity contribution is 7.99. The average Bonchev–Trinajstić information content (AvgIpc) is 3.42. The molecule has 5 heterocycles. The van der Waals surface area contributed by atoms with Gasteiger partial charge in [0.15, 0.2) is 0 Å². The van der Waals surface area contributed by atoms with E-state index in [1.54, 1.807) is 28.7 Å². The first-order chi connectivity index (χ1) is 14.7. The van der Waals surface area contributed by atoms with Gasteiger partial charge in [0.1, 0.15) is 17.3 Å². The van der Waals surface area contributed by atoms with Crippen LogP contribution in [0.5, 0.6) is 0 Å². The van der Waals surface area contributed by atoms with Crippen LogP contribution in [0.15, 0.2) is 58.0 Å². The van der Waals surface area contributed by atoms with E-state index >= 15 is 0 Å². The van der Waals surface area contributed by atoms with Crippen LogP contribution >= 0.6 is 11.8 Å². The topological polar surface area (TPSA) is 81.4 Å². The molecule has 148 valence electrons. The summed E-state index contributed by atoms with van der Waals surface area (Å²) in [6, 6.07) is 8.36. The second-order valence-electron chi connectivity index (χ2n) is 7.35. The number of hydrogen-bond donors (Lipinski definition) is 1. The van der Waals surface area contributed by atoms with Crippen LogP contribution in [-0.4, -0.2) is 44.3 Å². The molecule has 0 aromatic carbocycles. The van der Waals surface area contributed by atoms with E-state index < -0.39 is 0 Å². The summed E-state index contributed by atoms with van der Waals surface area (Å²) in [4.78, 5) is 5.42. The molecule has 0 atom stereocenters. The summed E-state index contributed by atoms with van der Waals surface area (Å²) in [5.41, 5.74) is 5.79. The van der Waals surface area contributed by atoms with Gasteiger partial charge >= 0.3 is 0 Å². The molecule has 30 heavy (non-hydrogen) atoms. The van der Waals surface area contributed by atoms with E-state index in [-0.39, 0.29) is 0 Å². The van der Waals surface area contributed by atoms with Crippen LogP contribution < -0.4 is 5.32 Å². The number of aromatic nitrogens is 3. The molecule has 0 radical (unpaired) electrons. The Morgan fingerprint density at radius 1 is 1.33 bits per heavy atom. The number of piperidine rings is 1. The van der Waals surface area contributed by atoms with Crippen molar-refractivity contribution in [3.05, 3.63) is 59.7 Å². The van der Waals surface area contributed by atoms with Gasteiger partial charge in [0.05, 0.1) is 29.4 Å². The number of pyridine rings is 2. The lowest BCUT2D eigenvalue weighted by atomic mass is 10.1. The van der Waals surface area contributed by atoms with Crippen molar-refractivity contribution in [2.24, 2.45) is 5.10 Å². The van der Waals surface area contributed by atoms with Gasteiger partial charge in [-0.1, -0.05) is 16.4 Å². The smallest absolute Gasteiger partial charge is 0.211 e. The maximum absolute atomic E-state index is 9.54. The molecule has 5 rings (SSSR count). The average molecular weight is 415 g/mol. The van der Waals surface area contributed by atoms with Crippen molar-refractivity contribution in [1.29, 1.82) is 5.26 Å². The van der Waals surface area contributed by atoms with Gasteiger partial charge in [0.2, 0.25) is 11.9 Å². The van der Waals surface area contributed by atoms with Gasteiger partial charge in [-0.25, -0.2) is 9.50 Å². The molecular formula is C22H20N7S+. The van der Waals surface area contributed by atoms with Crippen LogP contribution in [0.1, 0.15) is 29.5 Å². The summed E-state index contributed by atoms with van der Waals surface area (Å²) in [6.07, 6.45) is 11.5. The second-order valence-corrected chi connectivity index (χ2v) is 8.41. The number of nitriles is 1. The van der Waals surface area contributed by atoms with Crippen LogP contribution in [0.3, 0.4) is 0 Å². The maximum atomic E-state index is 9.54. The molecule has 0 unspecified atom stereocenters. The molecule has 2 aliphatic rings. The number of hydrogen-bond acceptors (Lipinski definition) is 6. The highest BCUT2D eigenvalue weighted by Crippen LogP contribution is 2.34. The van der Waals surface area contributed by atoms with Gasteiger partial charge in [-0.05, 0) is 48.8 Å². The Kier molecular flexibility index (Phi) is 4.91. The number of allylic oxidation sites excluding steroid dienone is 1. The first-order valence-corrected chi connectivity index (χ1v) is 10.7. The molecule has 0 aliphatic carbocycles. The summed E-state index contributed by atoms with van der Waals surface area (Å²) in [5.74, 6) is 0. The minimum atomic E-state index is 0.552. The minimum absolute atomic E-state index is 0.552. The Balaban J connectivity index is 1.59. The molecule has 1 fully saturated rings. The Bertz CT molecular complexity index is 1270. The van der Waals surface area contributed by atoms with Crippen molar-refractivity contribution in [1.82, 2.24) is 19.9 Å². The van der Waals surface area contributed by atoms with Crippen molar-refractivity contribution in [2.75, 3.05) is 13.1 Å². The number of fused-ring (bicyclic) bond motifs is 1. The lowest BCUT2D eigenvalue weighted by Gasteiger charge is -2.09. The zero-order valence-electron chi connectivity index (χ0n) is 16.5. The maximum Gasteiger partial charge on any atom is 0.211 e. The first kappa shape index (κ1) is 18.7. The van der Waals surface area contributed by atoms with E-state index in [4.69, 9.17) is 0 Å². The third-order valence-electron chi connectivity index (χ3n) is 5.19. The number of hydrazone groups is 1. The van der Waals surface area contributed by atoms with Gasteiger partial charge in [-0.3, -0.25) is 0 Å². The van der Waals surface area contributed by atoms with Gasteiger partial charge in [-0.15, -0.1) is 0 Å². The summed E-state index contributed by atoms with van der Waals surface area (Å²) < 4.78 is 3.75. The van der Waals surface area contributed by atoms with E-state index in [9.17, 15) is 5.26 Å². The fourth-order valence-electron chi connectivity index (χ4n) is 3.66. The molecular weight excluding hydrogens is 394 g/mol. The van der Waals surface area contributed by atoms with Gasteiger partial charge in [-0.2, -0.15) is 10.4 Å². The first-order valence-electron chi connectivity index (χ1n) is 9.84. The Morgan fingerprint density at radius 3 is 3.07 bits per heavy atom. The van der Waals surface area contributed by atoms with E-state index in [1.807, 2.05) is 36.2 Å². The van der Waals surface area contributed by atoms with E-state index in [1.165, 1.54) is 5.71 Å². The monoisotopic (exact) mass is 414 g/mol. The third kappa shape index (κ3) is 3.54. The molecule has 0 amide bonds.